The van der Waals surface area contributed by atoms with Crippen LogP contribution in [0, 0.1) is 6.92 Å². The van der Waals surface area contributed by atoms with Crippen LogP contribution in [-0.2, 0) is 9.53 Å². The Morgan fingerprint density at radius 3 is 2.52 bits per heavy atom. The van der Waals surface area contributed by atoms with Crippen molar-refractivity contribution < 1.29 is 9.53 Å². The molecule has 2 aliphatic heterocycles. The van der Waals surface area contributed by atoms with Crippen molar-refractivity contribution in [3.05, 3.63) is 28.8 Å². The lowest BCUT2D eigenvalue weighted by molar-refractivity contribution is -0.140. The van der Waals surface area contributed by atoms with E-state index in [-0.39, 0.29) is 5.91 Å². The van der Waals surface area contributed by atoms with Crippen LogP contribution in [0.2, 0.25) is 5.02 Å². The first kappa shape index (κ1) is 16.6. The van der Waals surface area contributed by atoms with Crippen molar-refractivity contribution >= 4 is 23.2 Å². The smallest absolute Gasteiger partial charge is 0.242 e. The average Bonchev–Trinajstić information content (AvgIpc) is 2.57. The zero-order valence-corrected chi connectivity index (χ0v) is 14.3. The first-order valence-corrected chi connectivity index (χ1v) is 8.54. The molecule has 126 valence electrons. The van der Waals surface area contributed by atoms with Crippen LogP contribution in [0.3, 0.4) is 0 Å². The normalized spacial score (nSPS) is 21.3. The molecule has 0 aromatic heterocycles. The van der Waals surface area contributed by atoms with Gasteiger partial charge in [-0.1, -0.05) is 17.7 Å². The van der Waals surface area contributed by atoms with Crippen LogP contribution in [0.25, 0.3) is 0 Å². The predicted octanol–water partition coefficient (Wildman–Crippen LogP) is 1.80. The summed E-state index contributed by atoms with van der Waals surface area (Å²) in [7, 11) is 0. The zero-order valence-electron chi connectivity index (χ0n) is 13.6. The number of hydrogen-bond acceptors (Lipinski definition) is 4. The molecular formula is C17H24ClN3O2. The Hall–Kier alpha value is -1.30. The third kappa shape index (κ3) is 3.47. The highest BCUT2D eigenvalue weighted by molar-refractivity contribution is 6.30. The Morgan fingerprint density at radius 1 is 1.22 bits per heavy atom. The van der Waals surface area contributed by atoms with Crippen molar-refractivity contribution in [1.29, 1.82) is 0 Å². The van der Waals surface area contributed by atoms with Gasteiger partial charge >= 0.3 is 0 Å². The summed E-state index contributed by atoms with van der Waals surface area (Å²) in [6, 6.07) is 5.94. The molecule has 0 spiro atoms. The summed E-state index contributed by atoms with van der Waals surface area (Å²) in [5, 5.41) is 0.743. The number of carbonyl (C=O) groups is 1. The highest BCUT2D eigenvalue weighted by atomic mass is 35.5. The van der Waals surface area contributed by atoms with Crippen molar-refractivity contribution in [3.8, 4) is 0 Å². The molecule has 1 aromatic carbocycles. The monoisotopic (exact) mass is 337 g/mol. The van der Waals surface area contributed by atoms with E-state index >= 15 is 0 Å². The highest BCUT2D eigenvalue weighted by Crippen LogP contribution is 2.26. The van der Waals surface area contributed by atoms with Crippen LogP contribution in [0.15, 0.2) is 18.2 Å². The third-order valence-electron chi connectivity index (χ3n) is 4.89. The van der Waals surface area contributed by atoms with Crippen molar-refractivity contribution in [2.24, 2.45) is 5.73 Å². The van der Waals surface area contributed by atoms with Gasteiger partial charge in [0.25, 0.3) is 0 Å². The number of ether oxygens (including phenoxy) is 1. The Bertz CT molecular complexity index is 579. The van der Waals surface area contributed by atoms with E-state index in [0.717, 1.165) is 23.8 Å². The van der Waals surface area contributed by atoms with Crippen molar-refractivity contribution in [2.75, 3.05) is 44.3 Å². The van der Waals surface area contributed by atoms with Crippen LogP contribution >= 0.6 is 11.6 Å². The summed E-state index contributed by atoms with van der Waals surface area (Å²) in [5.74, 6) is 0.0725. The van der Waals surface area contributed by atoms with E-state index in [1.807, 2.05) is 23.1 Å². The van der Waals surface area contributed by atoms with E-state index in [9.17, 15) is 4.79 Å². The summed E-state index contributed by atoms with van der Waals surface area (Å²) in [6.07, 6.45) is 1.22. The zero-order chi connectivity index (χ0) is 16.4. The fourth-order valence-corrected chi connectivity index (χ4v) is 3.50. The lowest BCUT2D eigenvalue weighted by Gasteiger charge is -2.41. The Labute approximate surface area is 142 Å². The van der Waals surface area contributed by atoms with E-state index in [1.54, 1.807) is 0 Å². The molecule has 0 saturated carbocycles. The second-order valence-corrected chi connectivity index (χ2v) is 6.92. The van der Waals surface area contributed by atoms with Gasteiger partial charge in [0.15, 0.2) is 0 Å². The maximum Gasteiger partial charge on any atom is 0.242 e. The number of nitrogens with two attached hydrogens (primary N) is 1. The van der Waals surface area contributed by atoms with Crippen LogP contribution in [0.1, 0.15) is 18.4 Å². The van der Waals surface area contributed by atoms with Gasteiger partial charge in [-0.25, -0.2) is 0 Å². The lowest BCUT2D eigenvalue weighted by Crippen LogP contribution is -2.61. The molecule has 2 aliphatic rings. The number of aryl methyl sites for hydroxylation is 1. The third-order valence-corrected chi connectivity index (χ3v) is 5.12. The minimum absolute atomic E-state index is 0.0725. The summed E-state index contributed by atoms with van der Waals surface area (Å²) in [5.41, 5.74) is 7.93. The fourth-order valence-electron chi connectivity index (χ4n) is 3.34. The van der Waals surface area contributed by atoms with Gasteiger partial charge in [-0.05, 0) is 37.5 Å². The number of carbonyl (C=O) groups excluding carboxylic acids is 1. The molecular weight excluding hydrogens is 314 g/mol. The quantitative estimate of drug-likeness (QED) is 0.894. The number of rotatable bonds is 2. The SMILES string of the molecule is Cc1ccc(Cl)cc1N1CCN(C(=O)C2(N)CCOCC2)CC1. The largest absolute Gasteiger partial charge is 0.381 e. The molecule has 0 aliphatic carbocycles. The van der Waals surface area contributed by atoms with Gasteiger partial charge in [-0.3, -0.25) is 4.79 Å². The molecule has 5 nitrogen and oxygen atoms in total. The average molecular weight is 338 g/mol. The van der Waals surface area contributed by atoms with Crippen LogP contribution in [0.4, 0.5) is 5.69 Å². The molecule has 2 saturated heterocycles. The topological polar surface area (TPSA) is 58.8 Å². The summed E-state index contributed by atoms with van der Waals surface area (Å²) in [6.45, 7) is 6.24. The fraction of sp³-hybridized carbons (Fsp3) is 0.588. The second kappa shape index (κ2) is 6.67. The molecule has 0 atom stereocenters. The number of hydrogen-bond donors (Lipinski definition) is 1. The van der Waals surface area contributed by atoms with Gasteiger partial charge in [-0.15, -0.1) is 0 Å². The van der Waals surface area contributed by atoms with Gasteiger partial charge in [0.05, 0.1) is 5.54 Å². The van der Waals surface area contributed by atoms with Crippen molar-refractivity contribution in [3.63, 3.8) is 0 Å². The maximum absolute atomic E-state index is 12.7. The predicted molar refractivity (Wildman–Crippen MR) is 92.0 cm³/mol. The molecule has 3 rings (SSSR count). The van der Waals surface area contributed by atoms with Crippen LogP contribution in [0.5, 0.6) is 0 Å². The number of benzene rings is 1. The molecule has 23 heavy (non-hydrogen) atoms. The number of halogens is 1. The molecule has 1 amide bonds. The Balaban J connectivity index is 1.64. The molecule has 2 fully saturated rings. The number of nitrogens with zero attached hydrogens (tertiary/aromatic N) is 2. The molecule has 0 radical (unpaired) electrons. The first-order valence-electron chi connectivity index (χ1n) is 8.17. The van der Waals surface area contributed by atoms with Crippen molar-refractivity contribution in [1.82, 2.24) is 4.90 Å². The molecule has 0 bridgehead atoms. The number of anilines is 1. The molecule has 0 unspecified atom stereocenters. The molecule has 6 heteroatoms. The molecule has 2 N–H and O–H groups in total. The van der Waals surface area contributed by atoms with E-state index in [1.165, 1.54) is 5.56 Å². The number of amides is 1. The standard InChI is InChI=1S/C17H24ClN3O2/c1-13-2-3-14(18)12-15(13)20-6-8-21(9-7-20)16(22)17(19)4-10-23-11-5-17/h2-3,12H,4-11,19H2,1H3. The van der Waals surface area contributed by atoms with Gasteiger partial charge in [0.1, 0.15) is 0 Å². The lowest BCUT2D eigenvalue weighted by atomic mass is 9.89. The minimum Gasteiger partial charge on any atom is -0.381 e. The summed E-state index contributed by atoms with van der Waals surface area (Å²) >= 11 is 6.12. The summed E-state index contributed by atoms with van der Waals surface area (Å²) in [4.78, 5) is 16.9. The molecule has 1 aromatic rings. The van der Waals surface area contributed by atoms with Gasteiger partial charge in [0, 0.05) is 50.1 Å². The van der Waals surface area contributed by atoms with E-state index in [4.69, 9.17) is 22.1 Å². The van der Waals surface area contributed by atoms with Gasteiger partial charge in [0.2, 0.25) is 5.91 Å². The Kier molecular flexibility index (Phi) is 4.80. The van der Waals surface area contributed by atoms with Crippen LogP contribution in [-0.4, -0.2) is 55.7 Å². The van der Waals surface area contributed by atoms with Crippen molar-refractivity contribution in [2.45, 2.75) is 25.3 Å². The summed E-state index contributed by atoms with van der Waals surface area (Å²) < 4.78 is 5.33. The second-order valence-electron chi connectivity index (χ2n) is 6.48. The van der Waals surface area contributed by atoms with Gasteiger partial charge in [-0.2, -0.15) is 0 Å². The van der Waals surface area contributed by atoms with Gasteiger partial charge < -0.3 is 20.3 Å². The first-order chi connectivity index (χ1) is 11.0. The van der Waals surface area contributed by atoms with Crippen LogP contribution < -0.4 is 10.6 Å². The Morgan fingerprint density at radius 2 is 1.87 bits per heavy atom. The maximum atomic E-state index is 12.7. The number of piperazine rings is 1. The van der Waals surface area contributed by atoms with E-state index in [2.05, 4.69) is 11.8 Å². The van der Waals surface area contributed by atoms with E-state index in [0.29, 0.717) is 39.1 Å². The molecule has 2 heterocycles. The highest BCUT2D eigenvalue weighted by Gasteiger charge is 2.39. The minimum atomic E-state index is -0.744. The van der Waals surface area contributed by atoms with E-state index < -0.39 is 5.54 Å².